The van der Waals surface area contributed by atoms with E-state index in [-0.39, 0.29) is 0 Å². The fraction of sp³-hybridized carbons (Fsp3) is 0.583. The lowest BCUT2D eigenvalue weighted by molar-refractivity contribution is 0.408. The molecule has 0 spiro atoms. The third kappa shape index (κ3) is 2.71. The van der Waals surface area contributed by atoms with Gasteiger partial charge in [-0.15, -0.1) is 0 Å². The number of aromatic nitrogens is 1. The standard InChI is InChI=1S/C12H16BrNO/c1-15-12-6-10(7-14-8-12)9-3-2-4-11(13)5-9/h6-9,11H,2-5H2,1H3. The lowest BCUT2D eigenvalue weighted by Crippen LogP contribution is -2.13. The first-order chi connectivity index (χ1) is 7.29. The van der Waals surface area contributed by atoms with E-state index in [1.54, 1.807) is 13.3 Å². The summed E-state index contributed by atoms with van der Waals surface area (Å²) in [6.45, 7) is 0. The molecule has 0 radical (unpaired) electrons. The third-order valence-electron chi connectivity index (χ3n) is 3.05. The first-order valence-electron chi connectivity index (χ1n) is 5.42. The summed E-state index contributed by atoms with van der Waals surface area (Å²) in [5.41, 5.74) is 1.32. The molecule has 2 rings (SSSR count). The summed E-state index contributed by atoms with van der Waals surface area (Å²) in [6.07, 6.45) is 8.83. The second-order valence-electron chi connectivity index (χ2n) is 4.12. The smallest absolute Gasteiger partial charge is 0.137 e. The lowest BCUT2D eigenvalue weighted by Gasteiger charge is -2.25. The predicted octanol–water partition coefficient (Wildman–Crippen LogP) is 3.51. The number of ether oxygens (including phenoxy) is 1. The molecule has 1 aliphatic rings. The Morgan fingerprint density at radius 3 is 3.00 bits per heavy atom. The molecule has 0 aliphatic heterocycles. The van der Waals surface area contributed by atoms with Gasteiger partial charge in [-0.3, -0.25) is 4.98 Å². The van der Waals surface area contributed by atoms with E-state index in [0.29, 0.717) is 10.7 Å². The fourth-order valence-electron chi connectivity index (χ4n) is 2.20. The predicted molar refractivity (Wildman–Crippen MR) is 64.7 cm³/mol. The molecule has 2 atom stereocenters. The Balaban J connectivity index is 2.13. The Labute approximate surface area is 99.2 Å². The van der Waals surface area contributed by atoms with E-state index in [2.05, 4.69) is 27.0 Å². The molecule has 82 valence electrons. The zero-order valence-electron chi connectivity index (χ0n) is 8.95. The van der Waals surface area contributed by atoms with Crippen LogP contribution in [0, 0.1) is 0 Å². The van der Waals surface area contributed by atoms with E-state index in [4.69, 9.17) is 4.74 Å². The van der Waals surface area contributed by atoms with Crippen LogP contribution in [-0.2, 0) is 0 Å². The minimum Gasteiger partial charge on any atom is -0.495 e. The number of nitrogens with zero attached hydrogens (tertiary/aromatic N) is 1. The van der Waals surface area contributed by atoms with Crippen molar-refractivity contribution in [1.29, 1.82) is 0 Å². The molecule has 3 heteroatoms. The first-order valence-corrected chi connectivity index (χ1v) is 6.34. The molecule has 1 aliphatic carbocycles. The Hall–Kier alpha value is -0.570. The number of alkyl halides is 1. The normalized spacial score (nSPS) is 26.3. The average molecular weight is 270 g/mol. The maximum absolute atomic E-state index is 5.20. The molecule has 2 unspecified atom stereocenters. The van der Waals surface area contributed by atoms with Crippen LogP contribution in [0.4, 0.5) is 0 Å². The fourth-order valence-corrected chi connectivity index (χ4v) is 2.98. The average Bonchev–Trinajstić information content (AvgIpc) is 2.29. The van der Waals surface area contributed by atoms with Crippen molar-refractivity contribution >= 4 is 15.9 Å². The zero-order chi connectivity index (χ0) is 10.7. The minimum atomic E-state index is 0.644. The number of halogens is 1. The monoisotopic (exact) mass is 269 g/mol. The van der Waals surface area contributed by atoms with Crippen LogP contribution in [0.2, 0.25) is 0 Å². The van der Waals surface area contributed by atoms with Crippen LogP contribution < -0.4 is 4.74 Å². The highest BCUT2D eigenvalue weighted by atomic mass is 79.9. The van der Waals surface area contributed by atoms with Gasteiger partial charge in [-0.1, -0.05) is 22.4 Å². The summed E-state index contributed by atoms with van der Waals surface area (Å²) in [7, 11) is 1.69. The van der Waals surface area contributed by atoms with Gasteiger partial charge in [-0.25, -0.2) is 0 Å². The number of methoxy groups -OCH3 is 1. The molecule has 0 N–H and O–H groups in total. The van der Waals surface area contributed by atoms with Gasteiger partial charge in [0.1, 0.15) is 5.75 Å². The summed E-state index contributed by atoms with van der Waals surface area (Å²) < 4.78 is 5.20. The molecule has 0 aromatic carbocycles. The van der Waals surface area contributed by atoms with Crippen LogP contribution in [0.25, 0.3) is 0 Å². The quantitative estimate of drug-likeness (QED) is 0.767. The van der Waals surface area contributed by atoms with E-state index in [1.165, 1.54) is 31.2 Å². The highest BCUT2D eigenvalue weighted by Crippen LogP contribution is 2.36. The summed E-state index contributed by atoms with van der Waals surface area (Å²) in [5, 5.41) is 0. The van der Waals surface area contributed by atoms with Crippen molar-refractivity contribution in [3.63, 3.8) is 0 Å². The van der Waals surface area contributed by atoms with Crippen LogP contribution in [0.15, 0.2) is 18.5 Å². The van der Waals surface area contributed by atoms with Crippen molar-refractivity contribution in [3.05, 3.63) is 24.0 Å². The van der Waals surface area contributed by atoms with E-state index < -0.39 is 0 Å². The van der Waals surface area contributed by atoms with Crippen molar-refractivity contribution in [2.45, 2.75) is 36.4 Å². The summed E-state index contributed by atoms with van der Waals surface area (Å²) in [6, 6.07) is 2.11. The molecule has 1 heterocycles. The van der Waals surface area contributed by atoms with Crippen LogP contribution in [0.1, 0.15) is 37.2 Å². The van der Waals surface area contributed by atoms with Gasteiger partial charge in [0.05, 0.1) is 13.3 Å². The molecule has 0 saturated heterocycles. The van der Waals surface area contributed by atoms with E-state index in [1.807, 2.05) is 6.20 Å². The summed E-state index contributed by atoms with van der Waals surface area (Å²) in [4.78, 5) is 4.88. The molecule has 1 saturated carbocycles. The van der Waals surface area contributed by atoms with Crippen LogP contribution in [0.3, 0.4) is 0 Å². The maximum Gasteiger partial charge on any atom is 0.137 e. The van der Waals surface area contributed by atoms with Crippen molar-refractivity contribution in [2.75, 3.05) is 7.11 Å². The van der Waals surface area contributed by atoms with Crippen LogP contribution >= 0.6 is 15.9 Å². The van der Waals surface area contributed by atoms with Gasteiger partial charge < -0.3 is 4.74 Å². The molecule has 1 aromatic rings. The molecule has 0 bridgehead atoms. The van der Waals surface area contributed by atoms with Crippen molar-refractivity contribution in [2.24, 2.45) is 0 Å². The molecule has 1 fully saturated rings. The lowest BCUT2D eigenvalue weighted by atomic mass is 9.85. The van der Waals surface area contributed by atoms with Crippen LogP contribution in [0.5, 0.6) is 5.75 Å². The Kier molecular flexibility index (Phi) is 3.62. The number of pyridine rings is 1. The number of rotatable bonds is 2. The minimum absolute atomic E-state index is 0.644. The second-order valence-corrected chi connectivity index (χ2v) is 5.41. The van der Waals surface area contributed by atoms with Crippen molar-refractivity contribution in [1.82, 2.24) is 4.98 Å². The van der Waals surface area contributed by atoms with Gasteiger partial charge in [0.15, 0.2) is 0 Å². The highest BCUT2D eigenvalue weighted by Gasteiger charge is 2.21. The van der Waals surface area contributed by atoms with Gasteiger partial charge >= 0.3 is 0 Å². The van der Waals surface area contributed by atoms with Gasteiger partial charge in [-0.2, -0.15) is 0 Å². The summed E-state index contributed by atoms with van der Waals surface area (Å²) >= 11 is 3.71. The molecule has 2 nitrogen and oxygen atoms in total. The zero-order valence-corrected chi connectivity index (χ0v) is 10.5. The maximum atomic E-state index is 5.20. The second kappa shape index (κ2) is 4.97. The van der Waals surface area contributed by atoms with Crippen molar-refractivity contribution in [3.8, 4) is 5.75 Å². The molecular weight excluding hydrogens is 254 g/mol. The Bertz CT molecular complexity index is 329. The van der Waals surface area contributed by atoms with Gasteiger partial charge in [0.2, 0.25) is 0 Å². The van der Waals surface area contributed by atoms with Crippen molar-refractivity contribution < 1.29 is 4.74 Å². The van der Waals surface area contributed by atoms with Crippen LogP contribution in [-0.4, -0.2) is 16.9 Å². The topological polar surface area (TPSA) is 22.1 Å². The number of hydrogen-bond acceptors (Lipinski definition) is 2. The highest BCUT2D eigenvalue weighted by molar-refractivity contribution is 9.09. The van der Waals surface area contributed by atoms with E-state index in [9.17, 15) is 0 Å². The molecule has 15 heavy (non-hydrogen) atoms. The summed E-state index contributed by atoms with van der Waals surface area (Å²) in [5.74, 6) is 1.51. The van der Waals surface area contributed by atoms with Gasteiger partial charge in [0.25, 0.3) is 0 Å². The largest absolute Gasteiger partial charge is 0.495 e. The molecule has 0 amide bonds. The third-order valence-corrected chi connectivity index (χ3v) is 3.88. The first kappa shape index (κ1) is 10.9. The van der Waals surface area contributed by atoms with Gasteiger partial charge in [0, 0.05) is 11.0 Å². The molecular formula is C12H16BrNO. The van der Waals surface area contributed by atoms with E-state index >= 15 is 0 Å². The SMILES string of the molecule is COc1cncc(C2CCCC(Br)C2)c1. The molecule has 1 aromatic heterocycles. The Morgan fingerprint density at radius 2 is 2.27 bits per heavy atom. The number of hydrogen-bond donors (Lipinski definition) is 0. The Morgan fingerprint density at radius 1 is 1.40 bits per heavy atom. The van der Waals surface area contributed by atoms with Gasteiger partial charge in [-0.05, 0) is 36.8 Å². The van der Waals surface area contributed by atoms with E-state index in [0.717, 1.165) is 5.75 Å².